The predicted octanol–water partition coefficient (Wildman–Crippen LogP) is 3.03. The molecule has 220 valence electrons. The van der Waals surface area contributed by atoms with Crippen LogP contribution in [0.3, 0.4) is 0 Å². The summed E-state index contributed by atoms with van der Waals surface area (Å²) >= 11 is 0. The summed E-state index contributed by atoms with van der Waals surface area (Å²) in [4.78, 5) is 35.7. The molecule has 1 spiro atoms. The molecule has 3 aliphatic rings. The first-order valence-corrected chi connectivity index (χ1v) is 13.7. The summed E-state index contributed by atoms with van der Waals surface area (Å²) in [6, 6.07) is 8.16. The van der Waals surface area contributed by atoms with E-state index in [9.17, 15) is 27.9 Å². The molecule has 2 amide bonds. The number of carbonyl (C=O) groups is 2. The predicted molar refractivity (Wildman–Crippen MR) is 145 cm³/mol. The summed E-state index contributed by atoms with van der Waals surface area (Å²) in [5.74, 6) is -0.625. The Hall–Kier alpha value is -4.26. The molecular formula is C29H29F3N6O4. The van der Waals surface area contributed by atoms with Gasteiger partial charge in [-0.15, -0.1) is 0 Å². The number of aliphatic hydroxyl groups is 1. The summed E-state index contributed by atoms with van der Waals surface area (Å²) in [5, 5.41) is 21.1. The third-order valence-corrected chi connectivity index (χ3v) is 8.17. The second kappa shape index (κ2) is 10.2. The van der Waals surface area contributed by atoms with E-state index in [2.05, 4.69) is 20.6 Å². The fraction of sp³-hybridized carbons (Fsp3) is 0.414. The Kier molecular flexibility index (Phi) is 6.79. The van der Waals surface area contributed by atoms with Gasteiger partial charge >= 0.3 is 6.18 Å². The molecule has 1 atom stereocenters. The number of ether oxygens (including phenoxy) is 1. The molecule has 1 fully saturated rings. The number of aliphatic imine (C=N–C) groups is 1. The van der Waals surface area contributed by atoms with Crippen LogP contribution in [0.1, 0.15) is 68.9 Å². The molecule has 1 aromatic carbocycles. The van der Waals surface area contributed by atoms with Crippen LogP contribution in [0.25, 0.3) is 5.82 Å². The van der Waals surface area contributed by atoms with E-state index in [4.69, 9.17) is 9.84 Å². The number of benzene rings is 1. The molecule has 13 heteroatoms. The van der Waals surface area contributed by atoms with E-state index in [-0.39, 0.29) is 30.0 Å². The third kappa shape index (κ3) is 5.13. The minimum absolute atomic E-state index is 0.0128. The minimum Gasteiger partial charge on any atom is -0.484 e. The topological polar surface area (TPSA) is 131 Å². The molecule has 3 N–H and O–H groups in total. The van der Waals surface area contributed by atoms with E-state index in [1.165, 1.54) is 10.7 Å². The molecule has 0 bridgehead atoms. The van der Waals surface area contributed by atoms with E-state index in [0.29, 0.717) is 37.2 Å². The highest BCUT2D eigenvalue weighted by atomic mass is 19.4. The summed E-state index contributed by atoms with van der Waals surface area (Å²) in [7, 11) is 1.64. The van der Waals surface area contributed by atoms with Gasteiger partial charge in [-0.05, 0) is 67.5 Å². The summed E-state index contributed by atoms with van der Waals surface area (Å²) in [6.45, 7) is -1.35. The smallest absolute Gasteiger partial charge is 0.422 e. The SMILES string of the molecule is CN=Cc1ccc(-n2nc3c(c2C(=O)NCC2(O)CCC2)C(=O)N[C@@]2(CCc4cc(OCC(F)(F)F)ccc42)C3)nc1. The van der Waals surface area contributed by atoms with Gasteiger partial charge in [-0.2, -0.15) is 18.3 Å². The fourth-order valence-electron chi connectivity index (χ4n) is 5.94. The molecular weight excluding hydrogens is 553 g/mol. The van der Waals surface area contributed by atoms with Crippen molar-refractivity contribution in [3.63, 3.8) is 0 Å². The summed E-state index contributed by atoms with van der Waals surface area (Å²) < 4.78 is 44.2. The zero-order valence-electron chi connectivity index (χ0n) is 22.8. The van der Waals surface area contributed by atoms with Gasteiger partial charge < -0.3 is 20.5 Å². The second-order valence-corrected chi connectivity index (χ2v) is 11.1. The van der Waals surface area contributed by atoms with Crippen LogP contribution in [-0.2, 0) is 18.4 Å². The standard InChI is InChI=1S/C29H29F3N6O4/c1-33-13-17-3-6-22(34-14-17)38-24(26(40)35-15-27(41)8-2-9-27)23-21(37-38)12-28(36-25(23)39)10-7-18-11-19(4-5-20(18)28)42-16-29(30,31)32/h3-6,11,13-14,41H,2,7-10,12,15-16H2,1H3,(H,35,40)(H,36,39)/t28-/m0/s1. The van der Waals surface area contributed by atoms with Gasteiger partial charge in [-0.3, -0.25) is 14.6 Å². The van der Waals surface area contributed by atoms with Crippen LogP contribution in [0.2, 0.25) is 0 Å². The number of nitrogens with one attached hydrogen (secondary N) is 2. The van der Waals surface area contributed by atoms with Gasteiger partial charge in [0.05, 0.1) is 22.4 Å². The Bertz CT molecular complexity index is 1580. The van der Waals surface area contributed by atoms with Gasteiger partial charge in [0.2, 0.25) is 0 Å². The van der Waals surface area contributed by atoms with E-state index < -0.39 is 35.7 Å². The maximum absolute atomic E-state index is 13.7. The van der Waals surface area contributed by atoms with E-state index >= 15 is 0 Å². The monoisotopic (exact) mass is 582 g/mol. The first-order valence-electron chi connectivity index (χ1n) is 13.7. The van der Waals surface area contributed by atoms with Gasteiger partial charge in [0, 0.05) is 38.0 Å². The number of pyridine rings is 1. The number of hydrogen-bond donors (Lipinski definition) is 3. The van der Waals surface area contributed by atoms with Crippen molar-refractivity contribution in [1.29, 1.82) is 0 Å². The lowest BCUT2D eigenvalue weighted by atomic mass is 9.80. The van der Waals surface area contributed by atoms with Crippen molar-refractivity contribution in [3.05, 3.63) is 70.2 Å². The summed E-state index contributed by atoms with van der Waals surface area (Å²) in [5.41, 5.74) is 1.02. The highest BCUT2D eigenvalue weighted by Crippen LogP contribution is 2.44. The molecule has 2 aromatic heterocycles. The molecule has 0 unspecified atom stereocenters. The van der Waals surface area contributed by atoms with Crippen LogP contribution in [0, 0.1) is 0 Å². The van der Waals surface area contributed by atoms with E-state index in [1.54, 1.807) is 43.7 Å². The Labute approximate surface area is 239 Å². The van der Waals surface area contributed by atoms with Crippen LogP contribution >= 0.6 is 0 Å². The molecule has 0 radical (unpaired) electrons. The number of halogens is 3. The summed E-state index contributed by atoms with van der Waals surface area (Å²) in [6.07, 6.45) is 2.08. The van der Waals surface area contributed by atoms with Crippen molar-refractivity contribution in [2.45, 2.75) is 55.8 Å². The Balaban J connectivity index is 1.35. The number of hydrogen-bond acceptors (Lipinski definition) is 7. The number of fused-ring (bicyclic) bond motifs is 3. The molecule has 1 aliphatic heterocycles. The third-order valence-electron chi connectivity index (χ3n) is 8.17. The highest BCUT2D eigenvalue weighted by molar-refractivity contribution is 6.08. The number of alkyl halides is 3. The van der Waals surface area contributed by atoms with Crippen molar-refractivity contribution in [2.75, 3.05) is 20.2 Å². The number of amides is 2. The molecule has 42 heavy (non-hydrogen) atoms. The molecule has 10 nitrogen and oxygen atoms in total. The number of aryl methyl sites for hydroxylation is 1. The van der Waals surface area contributed by atoms with Crippen LogP contribution in [0.15, 0.2) is 41.5 Å². The zero-order chi connectivity index (χ0) is 29.7. The van der Waals surface area contributed by atoms with Gasteiger partial charge in [0.1, 0.15) is 11.4 Å². The average molecular weight is 583 g/mol. The number of rotatable bonds is 7. The first kappa shape index (κ1) is 27.9. The molecule has 1 saturated carbocycles. The maximum atomic E-state index is 13.7. The Morgan fingerprint density at radius 3 is 2.74 bits per heavy atom. The van der Waals surface area contributed by atoms with Crippen LogP contribution in [0.5, 0.6) is 5.75 Å². The van der Waals surface area contributed by atoms with Crippen molar-refractivity contribution in [2.24, 2.45) is 4.99 Å². The molecule has 3 heterocycles. The van der Waals surface area contributed by atoms with Crippen molar-refractivity contribution in [3.8, 4) is 11.6 Å². The van der Waals surface area contributed by atoms with Crippen LogP contribution in [0.4, 0.5) is 13.2 Å². The quantitative estimate of drug-likeness (QED) is 0.367. The number of nitrogens with zero attached hydrogens (tertiary/aromatic N) is 4. The van der Waals surface area contributed by atoms with Gasteiger partial charge in [0.25, 0.3) is 11.8 Å². The molecule has 6 rings (SSSR count). The second-order valence-electron chi connectivity index (χ2n) is 11.1. The molecule has 2 aliphatic carbocycles. The van der Waals surface area contributed by atoms with Crippen LogP contribution in [-0.4, -0.2) is 69.9 Å². The lowest BCUT2D eigenvalue weighted by molar-refractivity contribution is -0.153. The number of aromatic nitrogens is 3. The van der Waals surface area contributed by atoms with Crippen molar-refractivity contribution >= 4 is 18.0 Å². The lowest BCUT2D eigenvalue weighted by Gasteiger charge is -2.36. The van der Waals surface area contributed by atoms with Gasteiger partial charge in [-0.1, -0.05) is 6.07 Å². The van der Waals surface area contributed by atoms with Crippen molar-refractivity contribution in [1.82, 2.24) is 25.4 Å². The van der Waals surface area contributed by atoms with E-state index in [0.717, 1.165) is 23.1 Å². The van der Waals surface area contributed by atoms with Crippen LogP contribution < -0.4 is 15.4 Å². The zero-order valence-corrected chi connectivity index (χ0v) is 22.8. The van der Waals surface area contributed by atoms with E-state index in [1.807, 2.05) is 0 Å². The average Bonchev–Trinajstić information content (AvgIpc) is 3.48. The molecule has 3 aromatic rings. The fourth-order valence-corrected chi connectivity index (χ4v) is 5.94. The first-order chi connectivity index (χ1) is 20.0. The normalized spacial score (nSPS) is 20.6. The molecule has 0 saturated heterocycles. The van der Waals surface area contributed by atoms with Gasteiger partial charge in [-0.25, -0.2) is 9.67 Å². The lowest BCUT2D eigenvalue weighted by Crippen LogP contribution is -2.51. The number of carbonyl (C=O) groups excluding carboxylic acids is 2. The maximum Gasteiger partial charge on any atom is 0.422 e. The highest BCUT2D eigenvalue weighted by Gasteiger charge is 2.47. The largest absolute Gasteiger partial charge is 0.484 e. The Morgan fingerprint density at radius 2 is 2.07 bits per heavy atom. The van der Waals surface area contributed by atoms with Gasteiger partial charge in [0.15, 0.2) is 12.4 Å². The van der Waals surface area contributed by atoms with Crippen molar-refractivity contribution < 1.29 is 32.6 Å². The Morgan fingerprint density at radius 1 is 1.26 bits per heavy atom. The minimum atomic E-state index is -4.45.